The Morgan fingerprint density at radius 1 is 1.23 bits per heavy atom. The van der Waals surface area contributed by atoms with E-state index in [1.807, 2.05) is 41.1 Å². The predicted octanol–water partition coefficient (Wildman–Crippen LogP) is 2.94. The molecule has 0 radical (unpaired) electrons. The molecule has 1 aliphatic rings. The Balaban J connectivity index is 1.83. The standard InChI is InChI=1S/C17H15N5/c18-11-15-17(20-16-7-1-2-9-21(15)16)22-10-4-6-14(22)13-5-3-8-19-12-13/h1-3,5,7-9,12,14H,4,6,10H2. The molecule has 5 nitrogen and oxygen atoms in total. The van der Waals surface area contributed by atoms with Crippen LogP contribution in [0.2, 0.25) is 0 Å². The first kappa shape index (κ1) is 12.8. The van der Waals surface area contributed by atoms with E-state index in [0.29, 0.717) is 5.69 Å². The van der Waals surface area contributed by atoms with E-state index in [2.05, 4.69) is 27.0 Å². The maximum atomic E-state index is 9.57. The van der Waals surface area contributed by atoms with Gasteiger partial charge in [0.05, 0.1) is 6.04 Å². The number of hydrogen-bond acceptors (Lipinski definition) is 4. The van der Waals surface area contributed by atoms with Crippen molar-refractivity contribution in [2.24, 2.45) is 0 Å². The lowest BCUT2D eigenvalue weighted by Crippen LogP contribution is -2.23. The summed E-state index contributed by atoms with van der Waals surface area (Å²) in [6, 6.07) is 12.4. The van der Waals surface area contributed by atoms with E-state index >= 15 is 0 Å². The van der Waals surface area contributed by atoms with Crippen LogP contribution < -0.4 is 4.90 Å². The number of rotatable bonds is 2. The zero-order valence-corrected chi connectivity index (χ0v) is 12.1. The van der Waals surface area contributed by atoms with E-state index in [-0.39, 0.29) is 6.04 Å². The van der Waals surface area contributed by atoms with Gasteiger partial charge < -0.3 is 4.90 Å². The van der Waals surface area contributed by atoms with Gasteiger partial charge in [-0.05, 0) is 36.6 Å². The lowest BCUT2D eigenvalue weighted by Gasteiger charge is -2.24. The van der Waals surface area contributed by atoms with Gasteiger partial charge in [0.15, 0.2) is 11.5 Å². The largest absolute Gasteiger partial charge is 0.347 e. The number of anilines is 1. The van der Waals surface area contributed by atoms with Gasteiger partial charge >= 0.3 is 0 Å². The average Bonchev–Trinajstić information content (AvgIpc) is 3.19. The molecule has 22 heavy (non-hydrogen) atoms. The van der Waals surface area contributed by atoms with Gasteiger partial charge in [0, 0.05) is 25.1 Å². The topological polar surface area (TPSA) is 57.2 Å². The second-order valence-electron chi connectivity index (χ2n) is 5.46. The molecule has 0 bridgehead atoms. The van der Waals surface area contributed by atoms with Crippen molar-refractivity contribution in [3.63, 3.8) is 0 Å². The number of pyridine rings is 2. The van der Waals surface area contributed by atoms with Crippen molar-refractivity contribution in [1.82, 2.24) is 14.4 Å². The molecule has 0 aliphatic carbocycles. The number of nitriles is 1. The second-order valence-corrected chi connectivity index (χ2v) is 5.46. The summed E-state index contributed by atoms with van der Waals surface area (Å²) < 4.78 is 1.86. The first-order chi connectivity index (χ1) is 10.9. The van der Waals surface area contributed by atoms with Crippen LogP contribution in [-0.2, 0) is 0 Å². The lowest BCUT2D eigenvalue weighted by atomic mass is 10.1. The summed E-state index contributed by atoms with van der Waals surface area (Å²) in [5, 5.41) is 9.57. The smallest absolute Gasteiger partial charge is 0.169 e. The highest BCUT2D eigenvalue weighted by atomic mass is 15.3. The molecule has 0 aromatic carbocycles. The number of nitrogens with zero attached hydrogens (tertiary/aromatic N) is 5. The van der Waals surface area contributed by atoms with Crippen molar-refractivity contribution >= 4 is 11.5 Å². The molecular formula is C17H15N5. The molecule has 0 N–H and O–H groups in total. The number of hydrogen-bond donors (Lipinski definition) is 0. The Hall–Kier alpha value is -2.87. The van der Waals surface area contributed by atoms with Crippen molar-refractivity contribution in [1.29, 1.82) is 5.26 Å². The SMILES string of the molecule is N#Cc1c(N2CCCC2c2cccnc2)nc2ccccn12. The molecule has 5 heteroatoms. The van der Waals surface area contributed by atoms with Gasteiger partial charge in [-0.3, -0.25) is 9.38 Å². The van der Waals surface area contributed by atoms with Crippen molar-refractivity contribution in [2.45, 2.75) is 18.9 Å². The molecule has 0 amide bonds. The summed E-state index contributed by atoms with van der Waals surface area (Å²) in [4.78, 5) is 11.2. The lowest BCUT2D eigenvalue weighted by molar-refractivity contribution is 0.709. The molecule has 3 aromatic rings. The molecule has 1 saturated heterocycles. The van der Waals surface area contributed by atoms with E-state index in [4.69, 9.17) is 0 Å². The Labute approximate surface area is 128 Å². The Kier molecular flexibility index (Phi) is 3.01. The first-order valence-corrected chi connectivity index (χ1v) is 7.42. The normalized spacial score (nSPS) is 17.8. The summed E-state index contributed by atoms with van der Waals surface area (Å²) in [6.07, 6.45) is 7.74. The van der Waals surface area contributed by atoms with Crippen LogP contribution in [0.25, 0.3) is 5.65 Å². The molecule has 1 aliphatic heterocycles. The minimum atomic E-state index is 0.241. The number of fused-ring (bicyclic) bond motifs is 1. The molecule has 3 aromatic heterocycles. The van der Waals surface area contributed by atoms with Crippen molar-refractivity contribution in [3.05, 3.63) is 60.2 Å². The summed E-state index contributed by atoms with van der Waals surface area (Å²) >= 11 is 0. The minimum Gasteiger partial charge on any atom is -0.347 e. The molecule has 1 atom stereocenters. The van der Waals surface area contributed by atoms with Crippen molar-refractivity contribution in [3.8, 4) is 6.07 Å². The van der Waals surface area contributed by atoms with Gasteiger partial charge in [-0.25, -0.2) is 4.98 Å². The molecule has 1 fully saturated rings. The van der Waals surface area contributed by atoms with Crippen LogP contribution in [0.4, 0.5) is 5.82 Å². The summed E-state index contributed by atoms with van der Waals surface area (Å²) in [6.45, 7) is 0.915. The van der Waals surface area contributed by atoms with Gasteiger partial charge in [-0.15, -0.1) is 0 Å². The Morgan fingerprint density at radius 2 is 2.18 bits per heavy atom. The maximum absolute atomic E-state index is 9.57. The third kappa shape index (κ3) is 1.92. The van der Waals surface area contributed by atoms with Gasteiger partial charge in [0.1, 0.15) is 11.7 Å². The zero-order valence-electron chi connectivity index (χ0n) is 12.1. The molecule has 1 unspecified atom stereocenters. The average molecular weight is 289 g/mol. The zero-order chi connectivity index (χ0) is 14.9. The van der Waals surface area contributed by atoms with Gasteiger partial charge in [0.25, 0.3) is 0 Å². The van der Waals surface area contributed by atoms with E-state index in [0.717, 1.165) is 30.9 Å². The molecular weight excluding hydrogens is 274 g/mol. The second kappa shape index (κ2) is 5.15. The molecule has 0 spiro atoms. The third-order valence-corrected chi connectivity index (χ3v) is 4.21. The monoisotopic (exact) mass is 289 g/mol. The molecule has 4 rings (SSSR count). The van der Waals surface area contributed by atoms with Crippen molar-refractivity contribution < 1.29 is 0 Å². The highest BCUT2D eigenvalue weighted by molar-refractivity contribution is 5.61. The van der Waals surface area contributed by atoms with Gasteiger partial charge in [0.2, 0.25) is 0 Å². The van der Waals surface area contributed by atoms with Crippen LogP contribution in [0, 0.1) is 11.3 Å². The fourth-order valence-corrected chi connectivity index (χ4v) is 3.23. The van der Waals surface area contributed by atoms with Crippen LogP contribution in [0.5, 0.6) is 0 Å². The molecule has 4 heterocycles. The summed E-state index contributed by atoms with van der Waals surface area (Å²) in [5.74, 6) is 0.778. The van der Waals surface area contributed by atoms with Gasteiger partial charge in [-0.2, -0.15) is 5.26 Å². The highest BCUT2D eigenvalue weighted by Gasteiger charge is 2.30. The Bertz CT molecular complexity index is 846. The van der Waals surface area contributed by atoms with E-state index in [9.17, 15) is 5.26 Å². The van der Waals surface area contributed by atoms with E-state index in [1.54, 1.807) is 6.20 Å². The number of imidazole rings is 1. The third-order valence-electron chi connectivity index (χ3n) is 4.21. The molecule has 108 valence electrons. The molecule has 0 saturated carbocycles. The van der Waals surface area contributed by atoms with Crippen LogP contribution in [0.3, 0.4) is 0 Å². The highest BCUT2D eigenvalue weighted by Crippen LogP contribution is 2.36. The maximum Gasteiger partial charge on any atom is 0.169 e. The fourth-order valence-electron chi connectivity index (χ4n) is 3.23. The summed E-state index contributed by atoms with van der Waals surface area (Å²) in [7, 11) is 0. The van der Waals surface area contributed by atoms with Crippen molar-refractivity contribution in [2.75, 3.05) is 11.4 Å². The van der Waals surface area contributed by atoms with Crippen LogP contribution in [-0.4, -0.2) is 20.9 Å². The van der Waals surface area contributed by atoms with E-state index < -0.39 is 0 Å². The predicted molar refractivity (Wildman–Crippen MR) is 83.5 cm³/mol. The van der Waals surface area contributed by atoms with Crippen LogP contribution >= 0.6 is 0 Å². The number of aromatic nitrogens is 3. The van der Waals surface area contributed by atoms with Gasteiger partial charge in [-0.1, -0.05) is 12.1 Å². The fraction of sp³-hybridized carbons (Fsp3) is 0.235. The quantitative estimate of drug-likeness (QED) is 0.728. The minimum absolute atomic E-state index is 0.241. The van der Waals surface area contributed by atoms with Crippen LogP contribution in [0.15, 0.2) is 48.9 Å². The van der Waals surface area contributed by atoms with E-state index in [1.165, 1.54) is 5.56 Å². The Morgan fingerprint density at radius 3 is 3.00 bits per heavy atom. The first-order valence-electron chi connectivity index (χ1n) is 7.42. The van der Waals surface area contributed by atoms with Crippen LogP contribution in [0.1, 0.15) is 30.1 Å². The summed E-state index contributed by atoms with van der Waals surface area (Å²) in [5.41, 5.74) is 2.60.